The number of amides is 1. The number of aliphatic hydroxyl groups excluding tert-OH is 1. The molecule has 22 heavy (non-hydrogen) atoms. The minimum atomic E-state index is -1.92. The fourth-order valence-electron chi connectivity index (χ4n) is 2.16. The van der Waals surface area contributed by atoms with Gasteiger partial charge in [-0.25, -0.2) is 0 Å². The molecule has 0 aliphatic carbocycles. The van der Waals surface area contributed by atoms with Gasteiger partial charge in [0.2, 0.25) is 0 Å². The highest BCUT2D eigenvalue weighted by atomic mass is 16.5. The van der Waals surface area contributed by atoms with Crippen LogP contribution >= 0.6 is 0 Å². The Balaban J connectivity index is 2.41. The van der Waals surface area contributed by atoms with Crippen molar-refractivity contribution in [2.45, 2.75) is 51.0 Å². The van der Waals surface area contributed by atoms with Crippen LogP contribution in [0.15, 0.2) is 24.3 Å². The number of hydrogen-bond donors (Lipinski definition) is 3. The van der Waals surface area contributed by atoms with E-state index in [2.05, 4.69) is 6.92 Å². The fourth-order valence-corrected chi connectivity index (χ4v) is 2.16. The summed E-state index contributed by atoms with van der Waals surface area (Å²) in [5.41, 5.74) is 3.90. The molecule has 1 amide bonds. The van der Waals surface area contributed by atoms with Crippen LogP contribution in [0.1, 0.15) is 44.6 Å². The van der Waals surface area contributed by atoms with Crippen molar-refractivity contribution in [2.75, 3.05) is 13.2 Å². The van der Waals surface area contributed by atoms with Crippen LogP contribution in [0.25, 0.3) is 0 Å². The number of carbonyl (C=O) groups is 1. The molecule has 0 radical (unpaired) electrons. The molecule has 0 aliphatic heterocycles. The van der Waals surface area contributed by atoms with E-state index in [1.54, 1.807) is 24.3 Å². The molecule has 5 nitrogen and oxygen atoms in total. The van der Waals surface area contributed by atoms with E-state index in [9.17, 15) is 9.90 Å². The number of hydrogen-bond acceptors (Lipinski definition) is 4. The molecule has 1 rings (SSSR count). The minimum Gasteiger partial charge on any atom is -0.494 e. The van der Waals surface area contributed by atoms with E-state index in [1.807, 2.05) is 0 Å². The molecule has 1 aromatic rings. The molecule has 0 heterocycles. The Morgan fingerprint density at radius 2 is 1.82 bits per heavy atom. The summed E-state index contributed by atoms with van der Waals surface area (Å²) in [4.78, 5) is 11.2. The molecule has 0 aliphatic rings. The lowest BCUT2D eigenvalue weighted by Crippen LogP contribution is -2.48. The smallest absolute Gasteiger partial charge is 0.252 e. The Kier molecular flexibility index (Phi) is 7.91. The third-order valence-electron chi connectivity index (χ3n) is 3.66. The van der Waals surface area contributed by atoms with Gasteiger partial charge in [-0.05, 0) is 24.1 Å². The van der Waals surface area contributed by atoms with E-state index in [4.69, 9.17) is 15.6 Å². The zero-order valence-electron chi connectivity index (χ0n) is 13.3. The van der Waals surface area contributed by atoms with E-state index < -0.39 is 18.1 Å². The largest absolute Gasteiger partial charge is 0.494 e. The molecule has 4 N–H and O–H groups in total. The first-order valence-electron chi connectivity index (χ1n) is 7.86. The Morgan fingerprint density at radius 3 is 2.36 bits per heavy atom. The first-order valence-corrected chi connectivity index (χ1v) is 7.86. The first-order chi connectivity index (χ1) is 10.5. The molecule has 0 aromatic heterocycles. The Labute approximate surface area is 132 Å². The van der Waals surface area contributed by atoms with Gasteiger partial charge in [0.1, 0.15) is 5.75 Å². The van der Waals surface area contributed by atoms with Crippen LogP contribution in [0, 0.1) is 0 Å². The summed E-state index contributed by atoms with van der Waals surface area (Å²) in [6.07, 6.45) is 5.93. The molecule has 0 fully saturated rings. The van der Waals surface area contributed by atoms with Gasteiger partial charge in [-0.1, -0.05) is 44.7 Å². The molecule has 5 heteroatoms. The number of unbranched alkanes of at least 4 members (excludes halogenated alkanes) is 4. The maximum Gasteiger partial charge on any atom is 0.252 e. The number of ether oxygens (including phenoxy) is 1. The molecule has 0 saturated carbocycles. The number of carbonyl (C=O) groups excluding carboxylic acids is 1. The fraction of sp³-hybridized carbons (Fsp3) is 0.588. The van der Waals surface area contributed by atoms with E-state index in [0.717, 1.165) is 12.2 Å². The lowest BCUT2D eigenvalue weighted by atomic mass is 9.95. The van der Waals surface area contributed by atoms with E-state index >= 15 is 0 Å². The highest BCUT2D eigenvalue weighted by molar-refractivity contribution is 5.83. The van der Waals surface area contributed by atoms with Crippen LogP contribution in [0.5, 0.6) is 5.75 Å². The minimum absolute atomic E-state index is 0.0177. The maximum absolute atomic E-state index is 11.2. The van der Waals surface area contributed by atoms with Crippen molar-refractivity contribution < 1.29 is 19.7 Å². The lowest BCUT2D eigenvalue weighted by molar-refractivity contribution is -0.140. The molecule has 0 spiro atoms. The Bertz CT molecular complexity index is 446. The third kappa shape index (κ3) is 6.03. The van der Waals surface area contributed by atoms with Crippen LogP contribution in [0.2, 0.25) is 0 Å². The highest BCUT2D eigenvalue weighted by Crippen LogP contribution is 2.17. The molecular weight excluding hydrogens is 282 g/mol. The summed E-state index contributed by atoms with van der Waals surface area (Å²) < 4.78 is 5.64. The summed E-state index contributed by atoms with van der Waals surface area (Å²) in [5.74, 6) is -0.173. The van der Waals surface area contributed by atoms with Crippen LogP contribution in [-0.2, 0) is 11.2 Å². The number of nitrogens with two attached hydrogens (primary N) is 1. The van der Waals surface area contributed by atoms with Gasteiger partial charge in [-0.3, -0.25) is 4.79 Å². The second kappa shape index (κ2) is 9.43. The average Bonchev–Trinajstić information content (AvgIpc) is 2.52. The van der Waals surface area contributed by atoms with Gasteiger partial charge >= 0.3 is 0 Å². The number of benzene rings is 1. The second-order valence-electron chi connectivity index (χ2n) is 5.64. The monoisotopic (exact) mass is 309 g/mol. The van der Waals surface area contributed by atoms with Crippen molar-refractivity contribution in [3.8, 4) is 5.75 Å². The van der Waals surface area contributed by atoms with Crippen molar-refractivity contribution >= 4 is 5.91 Å². The summed E-state index contributed by atoms with van der Waals surface area (Å²) in [6.45, 7) is 2.18. The van der Waals surface area contributed by atoms with Gasteiger partial charge in [0.25, 0.3) is 5.91 Å². The summed E-state index contributed by atoms with van der Waals surface area (Å²) in [7, 11) is 0. The summed E-state index contributed by atoms with van der Waals surface area (Å²) in [5, 5.41) is 19.0. The van der Waals surface area contributed by atoms with E-state index in [-0.39, 0.29) is 6.42 Å². The highest BCUT2D eigenvalue weighted by Gasteiger charge is 2.33. The van der Waals surface area contributed by atoms with Crippen molar-refractivity contribution in [3.05, 3.63) is 29.8 Å². The Hall–Kier alpha value is -1.59. The third-order valence-corrected chi connectivity index (χ3v) is 3.66. The normalized spacial score (nSPS) is 13.6. The van der Waals surface area contributed by atoms with Crippen LogP contribution in [0.3, 0.4) is 0 Å². The molecule has 1 unspecified atom stereocenters. The van der Waals surface area contributed by atoms with Gasteiger partial charge in [-0.2, -0.15) is 0 Å². The van der Waals surface area contributed by atoms with Gasteiger partial charge in [0.05, 0.1) is 13.2 Å². The predicted octanol–water partition coefficient (Wildman–Crippen LogP) is 1.79. The van der Waals surface area contributed by atoms with Gasteiger partial charge in [-0.15, -0.1) is 0 Å². The Morgan fingerprint density at radius 1 is 1.18 bits per heavy atom. The van der Waals surface area contributed by atoms with Crippen molar-refractivity contribution in [3.63, 3.8) is 0 Å². The van der Waals surface area contributed by atoms with E-state index in [1.165, 1.54) is 25.7 Å². The predicted molar refractivity (Wildman–Crippen MR) is 85.6 cm³/mol. The van der Waals surface area contributed by atoms with E-state index in [0.29, 0.717) is 12.2 Å². The molecule has 124 valence electrons. The molecule has 1 aromatic carbocycles. The second-order valence-corrected chi connectivity index (χ2v) is 5.64. The van der Waals surface area contributed by atoms with Gasteiger partial charge in [0.15, 0.2) is 5.60 Å². The number of rotatable bonds is 11. The molecule has 0 saturated heterocycles. The quantitative estimate of drug-likeness (QED) is 0.543. The van der Waals surface area contributed by atoms with Crippen LogP contribution in [0.4, 0.5) is 0 Å². The first kappa shape index (κ1) is 18.5. The topological polar surface area (TPSA) is 92.8 Å². The molecule has 0 bridgehead atoms. The molecular formula is C17H27NO4. The zero-order valence-corrected chi connectivity index (χ0v) is 13.3. The zero-order chi connectivity index (χ0) is 16.4. The van der Waals surface area contributed by atoms with Crippen molar-refractivity contribution in [1.82, 2.24) is 0 Å². The number of primary amides is 1. The van der Waals surface area contributed by atoms with Gasteiger partial charge < -0.3 is 20.7 Å². The number of aliphatic hydroxyl groups is 2. The standard InChI is InChI=1S/C17H27NO4/c1-2-3-4-5-6-11-22-15-9-7-14(8-10-15)12-17(21,13-19)16(18)20/h7-10,19,21H,2-6,11-13H2,1H3,(H2,18,20). The van der Waals surface area contributed by atoms with Crippen molar-refractivity contribution in [1.29, 1.82) is 0 Å². The lowest BCUT2D eigenvalue weighted by Gasteiger charge is -2.21. The molecule has 1 atom stereocenters. The summed E-state index contributed by atoms with van der Waals surface area (Å²) >= 11 is 0. The van der Waals surface area contributed by atoms with Crippen LogP contribution < -0.4 is 10.5 Å². The average molecular weight is 309 g/mol. The maximum atomic E-state index is 11.2. The SMILES string of the molecule is CCCCCCCOc1ccc(CC(O)(CO)C(N)=O)cc1. The van der Waals surface area contributed by atoms with Gasteiger partial charge in [0, 0.05) is 6.42 Å². The summed E-state index contributed by atoms with van der Waals surface area (Å²) in [6, 6.07) is 7.10. The van der Waals surface area contributed by atoms with Crippen molar-refractivity contribution in [2.24, 2.45) is 5.73 Å². The van der Waals surface area contributed by atoms with Crippen LogP contribution in [-0.4, -0.2) is 34.9 Å².